The first kappa shape index (κ1) is 17.7. The lowest BCUT2D eigenvalue weighted by molar-refractivity contribution is 0.0635. The molecule has 3 amide bonds. The molecule has 2 aliphatic rings. The van der Waals surface area contributed by atoms with Crippen molar-refractivity contribution in [3.8, 4) is 0 Å². The van der Waals surface area contributed by atoms with E-state index >= 15 is 0 Å². The largest absolute Gasteiger partial charge is 0.391 e. The maximum absolute atomic E-state index is 12.6. The van der Waals surface area contributed by atoms with Crippen LogP contribution in [0.25, 0.3) is 0 Å². The van der Waals surface area contributed by atoms with Gasteiger partial charge in [0.1, 0.15) is 0 Å². The van der Waals surface area contributed by atoms with E-state index in [2.05, 4.69) is 12.2 Å². The van der Waals surface area contributed by atoms with Crippen molar-refractivity contribution in [3.05, 3.63) is 29.8 Å². The van der Waals surface area contributed by atoms with Crippen molar-refractivity contribution >= 4 is 17.6 Å². The highest BCUT2D eigenvalue weighted by atomic mass is 16.3. The lowest BCUT2D eigenvalue weighted by Gasteiger charge is -2.33. The van der Waals surface area contributed by atoms with E-state index in [9.17, 15) is 14.7 Å². The van der Waals surface area contributed by atoms with Crippen molar-refractivity contribution in [2.75, 3.05) is 25.0 Å². The van der Waals surface area contributed by atoms with Crippen molar-refractivity contribution in [2.45, 2.75) is 51.2 Å². The predicted molar refractivity (Wildman–Crippen MR) is 96.6 cm³/mol. The van der Waals surface area contributed by atoms with Crippen LogP contribution >= 0.6 is 0 Å². The molecule has 1 aromatic rings. The monoisotopic (exact) mass is 345 g/mol. The van der Waals surface area contributed by atoms with Gasteiger partial charge in [-0.25, -0.2) is 4.79 Å². The van der Waals surface area contributed by atoms with Gasteiger partial charge < -0.3 is 20.2 Å². The third kappa shape index (κ3) is 4.31. The Bertz CT molecular complexity index is 617. The van der Waals surface area contributed by atoms with E-state index in [1.807, 2.05) is 4.90 Å². The van der Waals surface area contributed by atoms with Crippen molar-refractivity contribution < 1.29 is 14.7 Å². The number of piperidine rings is 2. The fourth-order valence-electron chi connectivity index (χ4n) is 3.60. The highest BCUT2D eigenvalue weighted by molar-refractivity contribution is 5.95. The summed E-state index contributed by atoms with van der Waals surface area (Å²) in [6, 6.07) is 7.14. The summed E-state index contributed by atoms with van der Waals surface area (Å²) in [6.45, 7) is 3.94. The van der Waals surface area contributed by atoms with Gasteiger partial charge in [0.2, 0.25) is 0 Å². The van der Waals surface area contributed by atoms with E-state index in [0.717, 1.165) is 32.2 Å². The Morgan fingerprint density at radius 1 is 1.08 bits per heavy atom. The van der Waals surface area contributed by atoms with Crippen LogP contribution in [-0.4, -0.2) is 58.6 Å². The minimum atomic E-state index is -0.439. The Kier molecular flexibility index (Phi) is 5.58. The molecule has 0 radical (unpaired) electrons. The zero-order chi connectivity index (χ0) is 17.8. The Balaban J connectivity index is 1.60. The average Bonchev–Trinajstić information content (AvgIpc) is 2.62. The number of aliphatic hydroxyl groups is 1. The summed E-state index contributed by atoms with van der Waals surface area (Å²) in [6.07, 6.45) is 4.42. The Morgan fingerprint density at radius 3 is 2.52 bits per heavy atom. The van der Waals surface area contributed by atoms with Crippen LogP contribution in [-0.2, 0) is 0 Å². The second-order valence-electron chi connectivity index (χ2n) is 7.09. The first-order valence-electron chi connectivity index (χ1n) is 9.19. The van der Waals surface area contributed by atoms with Gasteiger partial charge in [-0.15, -0.1) is 0 Å². The molecule has 6 heteroatoms. The molecule has 0 aliphatic carbocycles. The number of likely N-dealkylation sites (tertiary alicyclic amines) is 2. The molecule has 0 spiro atoms. The quantitative estimate of drug-likeness (QED) is 0.865. The van der Waals surface area contributed by atoms with E-state index in [-0.39, 0.29) is 18.0 Å². The molecule has 0 unspecified atom stereocenters. The number of rotatable bonds is 2. The molecule has 2 fully saturated rings. The van der Waals surface area contributed by atoms with Gasteiger partial charge in [-0.1, -0.05) is 0 Å². The van der Waals surface area contributed by atoms with Gasteiger partial charge >= 0.3 is 6.03 Å². The lowest BCUT2D eigenvalue weighted by Crippen LogP contribution is -2.44. The van der Waals surface area contributed by atoms with Gasteiger partial charge in [0, 0.05) is 36.9 Å². The zero-order valence-corrected chi connectivity index (χ0v) is 14.8. The minimum Gasteiger partial charge on any atom is -0.391 e. The minimum absolute atomic E-state index is 0.0595. The number of benzene rings is 1. The second-order valence-corrected chi connectivity index (χ2v) is 7.09. The Labute approximate surface area is 148 Å². The first-order valence-corrected chi connectivity index (χ1v) is 9.19. The second kappa shape index (κ2) is 7.87. The smallest absolute Gasteiger partial charge is 0.321 e. The number of β-amino-alcohol motifs (C(OH)–C–C–N with tert-alkyl or cyclic N) is 1. The van der Waals surface area contributed by atoms with Crippen LogP contribution in [0.4, 0.5) is 10.5 Å². The first-order chi connectivity index (χ1) is 12.0. The van der Waals surface area contributed by atoms with Crippen molar-refractivity contribution in [1.29, 1.82) is 0 Å². The van der Waals surface area contributed by atoms with Gasteiger partial charge in [-0.2, -0.15) is 0 Å². The van der Waals surface area contributed by atoms with Crippen LogP contribution in [0.3, 0.4) is 0 Å². The molecular weight excluding hydrogens is 318 g/mol. The molecule has 6 nitrogen and oxygen atoms in total. The molecule has 2 saturated heterocycles. The van der Waals surface area contributed by atoms with E-state index in [0.29, 0.717) is 24.3 Å². The van der Waals surface area contributed by atoms with Crippen LogP contribution in [0.2, 0.25) is 0 Å². The Hall–Kier alpha value is -2.08. The molecule has 2 heterocycles. The molecule has 0 saturated carbocycles. The maximum atomic E-state index is 12.6. The third-order valence-electron chi connectivity index (χ3n) is 5.13. The zero-order valence-electron chi connectivity index (χ0n) is 14.8. The number of urea groups is 1. The molecule has 0 aromatic heterocycles. The maximum Gasteiger partial charge on any atom is 0.321 e. The fraction of sp³-hybridized carbons (Fsp3) is 0.579. The molecule has 1 aromatic carbocycles. The van der Waals surface area contributed by atoms with Gasteiger partial charge in [0.15, 0.2) is 0 Å². The number of amides is 3. The number of hydrogen-bond donors (Lipinski definition) is 2. The number of aliphatic hydroxyl groups excluding tert-OH is 1. The molecule has 3 rings (SSSR count). The summed E-state index contributed by atoms with van der Waals surface area (Å²) in [5, 5.41) is 12.5. The standard InChI is InChI=1S/C19H27N3O3/c1-14-5-2-3-12-22(14)18(24)15-7-9-16(10-8-15)20-19(25)21-11-4-6-17(23)13-21/h7-10,14,17,23H,2-6,11-13H2,1H3,(H,20,25)/t14-,17+/m1/s1. The van der Waals surface area contributed by atoms with Crippen molar-refractivity contribution in [3.63, 3.8) is 0 Å². The Morgan fingerprint density at radius 2 is 1.84 bits per heavy atom. The summed E-state index contributed by atoms with van der Waals surface area (Å²) >= 11 is 0. The summed E-state index contributed by atoms with van der Waals surface area (Å²) in [7, 11) is 0. The number of carbonyl (C=O) groups excluding carboxylic acids is 2. The number of carbonyl (C=O) groups is 2. The van der Waals surface area contributed by atoms with Gasteiger partial charge in [0.05, 0.1) is 6.10 Å². The van der Waals surface area contributed by atoms with Crippen molar-refractivity contribution in [1.82, 2.24) is 9.80 Å². The van der Waals surface area contributed by atoms with E-state index < -0.39 is 6.10 Å². The molecule has 136 valence electrons. The summed E-state index contributed by atoms with van der Waals surface area (Å²) in [5.41, 5.74) is 1.31. The summed E-state index contributed by atoms with van der Waals surface area (Å²) in [4.78, 5) is 28.4. The SMILES string of the molecule is C[C@@H]1CCCCN1C(=O)c1ccc(NC(=O)N2CCC[C@H](O)C2)cc1. The topological polar surface area (TPSA) is 72.9 Å². The van der Waals surface area contributed by atoms with Crippen LogP contribution in [0.15, 0.2) is 24.3 Å². The average molecular weight is 345 g/mol. The van der Waals surface area contributed by atoms with Crippen molar-refractivity contribution in [2.24, 2.45) is 0 Å². The van der Waals surface area contributed by atoms with Gasteiger partial charge in [-0.05, 0) is 63.3 Å². The lowest BCUT2D eigenvalue weighted by atomic mass is 10.0. The molecule has 2 atom stereocenters. The van der Waals surface area contributed by atoms with Crippen LogP contribution < -0.4 is 5.32 Å². The van der Waals surface area contributed by atoms with Crippen LogP contribution in [0, 0.1) is 0 Å². The number of nitrogens with one attached hydrogen (secondary N) is 1. The summed E-state index contributed by atoms with van der Waals surface area (Å²) in [5.74, 6) is 0.0595. The van der Waals surface area contributed by atoms with Gasteiger partial charge in [0.25, 0.3) is 5.91 Å². The fourth-order valence-corrected chi connectivity index (χ4v) is 3.60. The normalized spacial score (nSPS) is 24.1. The highest BCUT2D eigenvalue weighted by Crippen LogP contribution is 2.20. The number of anilines is 1. The number of nitrogens with zero attached hydrogens (tertiary/aromatic N) is 2. The molecule has 2 aliphatic heterocycles. The van der Waals surface area contributed by atoms with Crippen LogP contribution in [0.5, 0.6) is 0 Å². The molecule has 2 N–H and O–H groups in total. The van der Waals surface area contributed by atoms with E-state index in [4.69, 9.17) is 0 Å². The van der Waals surface area contributed by atoms with E-state index in [1.54, 1.807) is 29.2 Å². The summed E-state index contributed by atoms with van der Waals surface area (Å²) < 4.78 is 0. The number of hydrogen-bond acceptors (Lipinski definition) is 3. The van der Waals surface area contributed by atoms with E-state index in [1.165, 1.54) is 6.42 Å². The van der Waals surface area contributed by atoms with Crippen LogP contribution in [0.1, 0.15) is 49.4 Å². The highest BCUT2D eigenvalue weighted by Gasteiger charge is 2.24. The molecule has 0 bridgehead atoms. The molecule has 25 heavy (non-hydrogen) atoms. The molecular formula is C19H27N3O3. The predicted octanol–water partition coefficient (Wildman–Crippen LogP) is 2.69. The third-order valence-corrected chi connectivity index (χ3v) is 5.13. The van der Waals surface area contributed by atoms with Gasteiger partial charge in [-0.3, -0.25) is 4.79 Å².